The molecule has 0 aliphatic heterocycles. The normalized spacial score (nSPS) is 9.79. The molecule has 6 nitrogen and oxygen atoms in total. The second-order valence-corrected chi connectivity index (χ2v) is 2.80. The number of hydrogen-bond acceptors (Lipinski definition) is 5. The Morgan fingerprint density at radius 2 is 2.14 bits per heavy atom. The van der Waals surface area contributed by atoms with Crippen LogP contribution < -0.4 is 5.32 Å². The number of rotatable bonds is 5. The van der Waals surface area contributed by atoms with Crippen molar-refractivity contribution < 1.29 is 4.92 Å². The van der Waals surface area contributed by atoms with E-state index in [1.54, 1.807) is 0 Å². The quantitative estimate of drug-likeness (QED) is 0.439. The van der Waals surface area contributed by atoms with E-state index in [4.69, 9.17) is 0 Å². The molecule has 1 N–H and O–H groups in total. The lowest BCUT2D eigenvalue weighted by atomic mass is 10.3. The van der Waals surface area contributed by atoms with E-state index in [-0.39, 0.29) is 5.69 Å². The van der Waals surface area contributed by atoms with Crippen LogP contribution >= 0.6 is 0 Å². The summed E-state index contributed by atoms with van der Waals surface area (Å²) in [6.45, 7) is 2.87. The molecule has 0 aromatic carbocycles. The lowest BCUT2D eigenvalue weighted by Crippen LogP contribution is -2.05. The molecule has 1 aromatic rings. The number of aromatic nitrogens is 2. The molecule has 0 unspecified atom stereocenters. The van der Waals surface area contributed by atoms with Crippen molar-refractivity contribution in [2.75, 3.05) is 11.9 Å². The summed E-state index contributed by atoms with van der Waals surface area (Å²) in [5.41, 5.74) is -0.0916. The van der Waals surface area contributed by atoms with E-state index < -0.39 is 4.92 Å². The molecular weight excluding hydrogens is 184 g/mol. The Kier molecular flexibility index (Phi) is 3.78. The lowest BCUT2D eigenvalue weighted by Gasteiger charge is -2.01. The van der Waals surface area contributed by atoms with Gasteiger partial charge in [0.2, 0.25) is 5.95 Å². The van der Waals surface area contributed by atoms with E-state index in [0.29, 0.717) is 5.95 Å². The molecule has 0 bridgehead atoms. The average molecular weight is 196 g/mol. The first-order valence-electron chi connectivity index (χ1n) is 4.44. The SMILES string of the molecule is CCCCNc1ncc([N+](=O)[O-])cn1. The molecule has 76 valence electrons. The average Bonchev–Trinajstić information content (AvgIpc) is 2.19. The molecule has 1 rings (SSSR count). The molecule has 0 saturated heterocycles. The van der Waals surface area contributed by atoms with Gasteiger partial charge < -0.3 is 5.32 Å². The van der Waals surface area contributed by atoms with Crippen molar-refractivity contribution in [1.29, 1.82) is 0 Å². The maximum absolute atomic E-state index is 10.3. The van der Waals surface area contributed by atoms with Gasteiger partial charge >= 0.3 is 5.69 Å². The van der Waals surface area contributed by atoms with Crippen LogP contribution in [0.3, 0.4) is 0 Å². The first-order chi connectivity index (χ1) is 6.74. The highest BCUT2D eigenvalue weighted by Gasteiger charge is 2.05. The molecular formula is C8H12N4O2. The molecule has 0 radical (unpaired) electrons. The van der Waals surface area contributed by atoms with Crippen molar-refractivity contribution >= 4 is 11.6 Å². The highest BCUT2D eigenvalue weighted by atomic mass is 16.6. The van der Waals surface area contributed by atoms with Gasteiger partial charge in [-0.1, -0.05) is 13.3 Å². The van der Waals surface area contributed by atoms with Gasteiger partial charge in [-0.05, 0) is 6.42 Å². The zero-order chi connectivity index (χ0) is 10.4. The van der Waals surface area contributed by atoms with Crippen molar-refractivity contribution in [3.05, 3.63) is 22.5 Å². The Bertz CT molecular complexity index is 299. The van der Waals surface area contributed by atoms with Crippen LogP contribution in [0.1, 0.15) is 19.8 Å². The van der Waals surface area contributed by atoms with E-state index in [2.05, 4.69) is 22.2 Å². The summed E-state index contributed by atoms with van der Waals surface area (Å²) >= 11 is 0. The fourth-order valence-corrected chi connectivity index (χ4v) is 0.884. The van der Waals surface area contributed by atoms with E-state index in [1.807, 2.05) is 0 Å². The van der Waals surface area contributed by atoms with Gasteiger partial charge in [0.05, 0.1) is 4.92 Å². The number of unbranched alkanes of at least 4 members (excludes halogenated alkanes) is 1. The molecule has 14 heavy (non-hydrogen) atoms. The Labute approximate surface area is 81.5 Å². The Balaban J connectivity index is 2.51. The third-order valence-corrected chi connectivity index (χ3v) is 1.66. The van der Waals surface area contributed by atoms with Gasteiger partial charge in [0.1, 0.15) is 12.4 Å². The fraction of sp³-hybridized carbons (Fsp3) is 0.500. The molecule has 0 amide bonds. The third-order valence-electron chi connectivity index (χ3n) is 1.66. The third kappa shape index (κ3) is 2.96. The Morgan fingerprint density at radius 3 is 2.64 bits per heavy atom. The highest BCUT2D eigenvalue weighted by molar-refractivity contribution is 5.30. The molecule has 0 atom stereocenters. The number of nitrogens with one attached hydrogen (secondary N) is 1. The van der Waals surface area contributed by atoms with E-state index in [1.165, 1.54) is 12.4 Å². The van der Waals surface area contributed by atoms with Crippen LogP contribution in [-0.4, -0.2) is 21.4 Å². The number of nitro groups is 1. The summed E-state index contributed by atoms with van der Waals surface area (Å²) in [5.74, 6) is 0.434. The van der Waals surface area contributed by atoms with Crippen LogP contribution in [0.4, 0.5) is 11.6 Å². The summed E-state index contributed by atoms with van der Waals surface area (Å²) in [7, 11) is 0. The van der Waals surface area contributed by atoms with Gasteiger partial charge in [-0.15, -0.1) is 0 Å². The lowest BCUT2D eigenvalue weighted by molar-refractivity contribution is -0.385. The smallest absolute Gasteiger partial charge is 0.305 e. The fourth-order valence-electron chi connectivity index (χ4n) is 0.884. The van der Waals surface area contributed by atoms with Gasteiger partial charge in [-0.3, -0.25) is 10.1 Å². The summed E-state index contributed by atoms with van der Waals surface area (Å²) in [6, 6.07) is 0. The van der Waals surface area contributed by atoms with Crippen LogP contribution in [0.2, 0.25) is 0 Å². The van der Waals surface area contributed by atoms with Crippen molar-refractivity contribution in [2.24, 2.45) is 0 Å². The standard InChI is InChI=1S/C8H12N4O2/c1-2-3-4-9-8-10-5-7(6-11-8)12(13)14/h5-6H,2-4H2,1H3,(H,9,10,11). The summed E-state index contributed by atoms with van der Waals surface area (Å²) in [4.78, 5) is 17.4. The number of anilines is 1. The largest absolute Gasteiger partial charge is 0.354 e. The molecule has 0 fully saturated rings. The van der Waals surface area contributed by atoms with Crippen LogP contribution in [0.15, 0.2) is 12.4 Å². The van der Waals surface area contributed by atoms with Gasteiger partial charge in [-0.25, -0.2) is 9.97 Å². The molecule has 6 heteroatoms. The summed E-state index contributed by atoms with van der Waals surface area (Å²) < 4.78 is 0. The molecule has 0 spiro atoms. The molecule has 1 heterocycles. The predicted molar refractivity (Wildman–Crippen MR) is 52.1 cm³/mol. The summed E-state index contributed by atoms with van der Waals surface area (Å²) in [5, 5.41) is 13.2. The molecule has 0 saturated carbocycles. The van der Waals surface area contributed by atoms with Crippen molar-refractivity contribution in [1.82, 2.24) is 9.97 Å². The van der Waals surface area contributed by atoms with Gasteiger partial charge in [0.25, 0.3) is 0 Å². The topological polar surface area (TPSA) is 81.0 Å². The highest BCUT2D eigenvalue weighted by Crippen LogP contribution is 2.07. The van der Waals surface area contributed by atoms with E-state index >= 15 is 0 Å². The van der Waals surface area contributed by atoms with Gasteiger partial charge in [-0.2, -0.15) is 0 Å². The maximum Gasteiger partial charge on any atom is 0.305 e. The van der Waals surface area contributed by atoms with Gasteiger partial charge in [0.15, 0.2) is 0 Å². The Hall–Kier alpha value is -1.72. The minimum atomic E-state index is -0.518. The minimum Gasteiger partial charge on any atom is -0.354 e. The van der Waals surface area contributed by atoms with Crippen LogP contribution in [0.5, 0.6) is 0 Å². The maximum atomic E-state index is 10.3. The number of nitrogens with zero attached hydrogens (tertiary/aromatic N) is 3. The Morgan fingerprint density at radius 1 is 1.50 bits per heavy atom. The monoisotopic (exact) mass is 196 g/mol. The first-order valence-corrected chi connectivity index (χ1v) is 4.44. The van der Waals surface area contributed by atoms with E-state index in [9.17, 15) is 10.1 Å². The molecule has 1 aromatic heterocycles. The van der Waals surface area contributed by atoms with Crippen LogP contribution in [-0.2, 0) is 0 Å². The van der Waals surface area contributed by atoms with Gasteiger partial charge in [0, 0.05) is 6.54 Å². The van der Waals surface area contributed by atoms with Crippen molar-refractivity contribution in [3.8, 4) is 0 Å². The predicted octanol–water partition coefficient (Wildman–Crippen LogP) is 1.60. The van der Waals surface area contributed by atoms with Crippen LogP contribution in [0, 0.1) is 10.1 Å². The molecule has 0 aliphatic rings. The number of hydrogen-bond donors (Lipinski definition) is 1. The second kappa shape index (κ2) is 5.11. The zero-order valence-corrected chi connectivity index (χ0v) is 7.93. The second-order valence-electron chi connectivity index (χ2n) is 2.80. The zero-order valence-electron chi connectivity index (χ0n) is 7.93. The van der Waals surface area contributed by atoms with Crippen LogP contribution in [0.25, 0.3) is 0 Å². The first kappa shape index (κ1) is 10.4. The van der Waals surface area contributed by atoms with E-state index in [0.717, 1.165) is 19.4 Å². The van der Waals surface area contributed by atoms with Crippen molar-refractivity contribution in [3.63, 3.8) is 0 Å². The summed E-state index contributed by atoms with van der Waals surface area (Å²) in [6.07, 6.45) is 4.50. The van der Waals surface area contributed by atoms with Crippen molar-refractivity contribution in [2.45, 2.75) is 19.8 Å². The molecule has 0 aliphatic carbocycles. The minimum absolute atomic E-state index is 0.0916.